The van der Waals surface area contributed by atoms with E-state index in [1.165, 1.54) is 11.1 Å². The number of rotatable bonds is 10. The molecule has 5 heteroatoms. The molecule has 1 atom stereocenters. The molecular weight excluding hydrogens is 426 g/mol. The van der Waals surface area contributed by atoms with Crippen LogP contribution in [-0.2, 0) is 22.5 Å². The summed E-state index contributed by atoms with van der Waals surface area (Å²) < 4.78 is 5.50. The highest BCUT2D eigenvalue weighted by Gasteiger charge is 2.20. The maximum absolute atomic E-state index is 10.9. The van der Waals surface area contributed by atoms with Gasteiger partial charge in [0.15, 0.2) is 6.61 Å². The van der Waals surface area contributed by atoms with E-state index in [-0.39, 0.29) is 18.8 Å². The summed E-state index contributed by atoms with van der Waals surface area (Å²) in [6.45, 7) is 1.83. The summed E-state index contributed by atoms with van der Waals surface area (Å²) in [5.74, 6) is -0.281. The predicted octanol–water partition coefficient (Wildman–Crippen LogP) is 5.65. The fourth-order valence-electron chi connectivity index (χ4n) is 4.36. The molecule has 2 N–H and O–H groups in total. The summed E-state index contributed by atoms with van der Waals surface area (Å²) in [5.41, 5.74) is 9.18. The molecule has 3 aromatic rings. The molecule has 0 aliphatic heterocycles. The molecule has 1 aliphatic carbocycles. The Labute approximate surface area is 201 Å². The lowest BCUT2D eigenvalue weighted by molar-refractivity contribution is -0.139. The largest absolute Gasteiger partial charge is 0.482 e. The van der Waals surface area contributed by atoms with Gasteiger partial charge >= 0.3 is 5.97 Å². The van der Waals surface area contributed by atoms with E-state index in [1.54, 1.807) is 0 Å². The normalized spacial score (nSPS) is 15.2. The van der Waals surface area contributed by atoms with Crippen molar-refractivity contribution in [1.29, 1.82) is 0 Å². The number of ether oxygens (including phenoxy) is 1. The zero-order chi connectivity index (χ0) is 23.8. The Bertz CT molecular complexity index is 1070. The average molecular weight is 458 g/mol. The van der Waals surface area contributed by atoms with Gasteiger partial charge in [-0.15, -0.1) is 0 Å². The Kier molecular flexibility index (Phi) is 8.12. The molecule has 0 amide bonds. The highest BCUT2D eigenvalue weighted by molar-refractivity contribution is 5.68. The number of nitrogens with one attached hydrogen (secondary N) is 1. The third-order valence-corrected chi connectivity index (χ3v) is 6.11. The van der Waals surface area contributed by atoms with Crippen molar-refractivity contribution >= 4 is 5.97 Å². The summed E-state index contributed by atoms with van der Waals surface area (Å²) >= 11 is 0. The minimum Gasteiger partial charge on any atom is -0.482 e. The van der Waals surface area contributed by atoms with Crippen LogP contribution in [0.25, 0.3) is 0 Å². The van der Waals surface area contributed by atoms with E-state index in [4.69, 9.17) is 14.7 Å². The van der Waals surface area contributed by atoms with Crippen molar-refractivity contribution in [2.24, 2.45) is 0 Å². The minimum atomic E-state index is -0.963. The van der Waals surface area contributed by atoms with Crippen LogP contribution in [0.4, 0.5) is 0 Å². The van der Waals surface area contributed by atoms with Crippen molar-refractivity contribution in [3.8, 4) is 5.75 Å². The molecule has 0 bridgehead atoms. The molecule has 0 heterocycles. The molecular formula is C29H31NO4. The Morgan fingerprint density at radius 2 is 1.65 bits per heavy atom. The van der Waals surface area contributed by atoms with E-state index in [9.17, 15) is 4.79 Å². The van der Waals surface area contributed by atoms with Crippen molar-refractivity contribution in [2.45, 2.75) is 44.8 Å². The highest BCUT2D eigenvalue weighted by Crippen LogP contribution is 2.32. The van der Waals surface area contributed by atoms with Gasteiger partial charge in [0.2, 0.25) is 0 Å². The van der Waals surface area contributed by atoms with Gasteiger partial charge < -0.3 is 9.84 Å². The van der Waals surface area contributed by atoms with Crippen molar-refractivity contribution < 1.29 is 19.5 Å². The van der Waals surface area contributed by atoms with Crippen LogP contribution in [-0.4, -0.2) is 23.7 Å². The van der Waals surface area contributed by atoms with Crippen LogP contribution >= 0.6 is 0 Å². The second-order valence-corrected chi connectivity index (χ2v) is 8.53. The number of carbonyl (C=O) groups is 1. The molecule has 1 unspecified atom stereocenters. The van der Waals surface area contributed by atoms with Crippen molar-refractivity contribution in [3.05, 3.63) is 113 Å². The maximum atomic E-state index is 10.9. The van der Waals surface area contributed by atoms with E-state index < -0.39 is 5.97 Å². The third-order valence-electron chi connectivity index (χ3n) is 6.11. The summed E-state index contributed by atoms with van der Waals surface area (Å²) in [6.07, 6.45) is 5.56. The van der Waals surface area contributed by atoms with E-state index in [2.05, 4.69) is 48.8 Å². The average Bonchev–Trinajstić information content (AvgIpc) is 2.88. The molecule has 1 aliphatic rings. The molecule has 0 spiro atoms. The van der Waals surface area contributed by atoms with Crippen LogP contribution in [0.3, 0.4) is 0 Å². The maximum Gasteiger partial charge on any atom is 0.341 e. The number of hydroxylamine groups is 1. The molecule has 0 saturated heterocycles. The molecule has 34 heavy (non-hydrogen) atoms. The lowest BCUT2D eigenvalue weighted by atomic mass is 9.86. The second-order valence-electron chi connectivity index (χ2n) is 8.53. The SMILES string of the molecule is CCC(C=C1CCc2c(cccc2OCC(=O)O)C1)NOC(c1ccccc1)c1ccccc1. The van der Waals surface area contributed by atoms with E-state index in [0.29, 0.717) is 5.75 Å². The fraction of sp³-hybridized carbons (Fsp3) is 0.276. The van der Waals surface area contributed by atoms with Crippen LogP contribution in [0.1, 0.15) is 48.1 Å². The van der Waals surface area contributed by atoms with E-state index in [1.807, 2.05) is 48.5 Å². The topological polar surface area (TPSA) is 67.8 Å². The van der Waals surface area contributed by atoms with Crippen LogP contribution in [0.5, 0.6) is 5.75 Å². The standard InChI is InChI=1S/C29H31NO4/c1-2-25(30-34-29(22-10-5-3-6-11-22)23-12-7-4-8-13-23)19-21-16-17-26-24(18-21)14-9-15-27(26)33-20-28(31)32/h3-15,19,25,29-30H,2,16-18,20H2,1H3,(H,31,32). The number of aliphatic carboxylic acids is 1. The number of hydrogen-bond acceptors (Lipinski definition) is 4. The first-order valence-corrected chi connectivity index (χ1v) is 11.8. The monoisotopic (exact) mass is 457 g/mol. The molecule has 5 nitrogen and oxygen atoms in total. The fourth-order valence-corrected chi connectivity index (χ4v) is 4.36. The first kappa shape index (κ1) is 23.7. The van der Waals surface area contributed by atoms with Gasteiger partial charge in [0, 0.05) is 0 Å². The summed E-state index contributed by atoms with van der Waals surface area (Å²) in [7, 11) is 0. The first-order chi connectivity index (χ1) is 16.6. The molecule has 0 fully saturated rings. The zero-order valence-corrected chi connectivity index (χ0v) is 19.4. The van der Waals surface area contributed by atoms with Crippen LogP contribution in [0.2, 0.25) is 0 Å². The van der Waals surface area contributed by atoms with E-state index >= 15 is 0 Å². The van der Waals surface area contributed by atoms with Crippen molar-refractivity contribution in [3.63, 3.8) is 0 Å². The number of fused-ring (bicyclic) bond motifs is 1. The minimum absolute atomic E-state index is 0.0814. The zero-order valence-electron chi connectivity index (χ0n) is 19.4. The Hall–Kier alpha value is -3.41. The van der Waals surface area contributed by atoms with Crippen LogP contribution in [0, 0.1) is 0 Å². The molecule has 0 aromatic heterocycles. The molecule has 4 rings (SSSR count). The van der Waals surface area contributed by atoms with Crippen molar-refractivity contribution in [2.75, 3.05) is 6.61 Å². The van der Waals surface area contributed by atoms with Gasteiger partial charge in [-0.05, 0) is 54.0 Å². The van der Waals surface area contributed by atoms with Gasteiger partial charge in [0.1, 0.15) is 11.9 Å². The van der Waals surface area contributed by atoms with Gasteiger partial charge in [-0.1, -0.05) is 91.4 Å². The number of allylic oxidation sites excluding steroid dienone is 1. The second kappa shape index (κ2) is 11.6. The summed E-state index contributed by atoms with van der Waals surface area (Å²) in [5, 5.41) is 8.93. The Balaban J connectivity index is 1.45. The number of carboxylic acid groups (broad SMARTS) is 1. The lowest BCUT2D eigenvalue weighted by Crippen LogP contribution is -2.30. The van der Waals surface area contributed by atoms with Gasteiger partial charge in [-0.3, -0.25) is 4.84 Å². The van der Waals surface area contributed by atoms with Crippen molar-refractivity contribution in [1.82, 2.24) is 5.48 Å². The molecule has 3 aromatic carbocycles. The first-order valence-electron chi connectivity index (χ1n) is 11.8. The van der Waals surface area contributed by atoms with Gasteiger partial charge in [0.05, 0.1) is 6.04 Å². The Morgan fingerprint density at radius 3 is 2.26 bits per heavy atom. The quantitative estimate of drug-likeness (QED) is 0.304. The number of hydrogen-bond donors (Lipinski definition) is 2. The molecule has 176 valence electrons. The number of carboxylic acids is 1. The van der Waals surface area contributed by atoms with Gasteiger partial charge in [0.25, 0.3) is 0 Å². The lowest BCUT2D eigenvalue weighted by Gasteiger charge is -2.25. The third kappa shape index (κ3) is 6.13. The van der Waals surface area contributed by atoms with Crippen LogP contribution in [0.15, 0.2) is 90.5 Å². The van der Waals surface area contributed by atoms with Gasteiger partial charge in [-0.25, -0.2) is 4.79 Å². The van der Waals surface area contributed by atoms with E-state index in [0.717, 1.165) is 42.4 Å². The van der Waals surface area contributed by atoms with Crippen LogP contribution < -0.4 is 10.2 Å². The van der Waals surface area contributed by atoms with Gasteiger partial charge in [-0.2, -0.15) is 5.48 Å². The summed E-state index contributed by atoms with van der Waals surface area (Å²) in [6, 6.07) is 26.4. The Morgan fingerprint density at radius 1 is 0.971 bits per heavy atom. The smallest absolute Gasteiger partial charge is 0.341 e. The predicted molar refractivity (Wildman–Crippen MR) is 133 cm³/mol. The molecule has 0 radical (unpaired) electrons. The number of benzene rings is 3. The summed E-state index contributed by atoms with van der Waals surface area (Å²) in [4.78, 5) is 17.2. The molecule has 0 saturated carbocycles. The highest BCUT2D eigenvalue weighted by atomic mass is 16.7.